The van der Waals surface area contributed by atoms with Gasteiger partial charge >= 0.3 is 5.97 Å². The van der Waals surface area contributed by atoms with E-state index in [1.165, 1.54) is 5.56 Å². The quantitative estimate of drug-likeness (QED) is 0.805. The van der Waals surface area contributed by atoms with Gasteiger partial charge in [-0.25, -0.2) is 4.79 Å². The average molecular weight is 337 g/mol. The molecule has 0 heterocycles. The number of carbonyl (C=O) groups is 2. The van der Waals surface area contributed by atoms with Gasteiger partial charge in [0.2, 0.25) is 5.91 Å². The number of hydrogen-bond acceptors (Lipinski definition) is 2. The van der Waals surface area contributed by atoms with Crippen molar-refractivity contribution in [1.29, 1.82) is 0 Å². The number of aryl methyl sites for hydroxylation is 2. The summed E-state index contributed by atoms with van der Waals surface area (Å²) in [7, 11) is 0. The van der Waals surface area contributed by atoms with Crippen LogP contribution in [0.25, 0.3) is 0 Å². The maximum Gasteiger partial charge on any atom is 0.335 e. The molecule has 0 radical (unpaired) electrons. The third-order valence-electron chi connectivity index (χ3n) is 4.72. The zero-order valence-electron chi connectivity index (χ0n) is 14.4. The maximum atomic E-state index is 12.4. The van der Waals surface area contributed by atoms with Gasteiger partial charge < -0.3 is 10.4 Å². The van der Waals surface area contributed by atoms with Crippen LogP contribution in [0.2, 0.25) is 0 Å². The summed E-state index contributed by atoms with van der Waals surface area (Å²) >= 11 is 0. The zero-order chi connectivity index (χ0) is 17.8. The molecule has 130 valence electrons. The number of nitrogens with one attached hydrogen (secondary N) is 1. The Labute approximate surface area is 147 Å². The highest BCUT2D eigenvalue weighted by Crippen LogP contribution is 2.41. The molecule has 0 aliphatic heterocycles. The molecule has 1 amide bonds. The molecule has 0 bridgehead atoms. The third kappa shape index (κ3) is 4.47. The van der Waals surface area contributed by atoms with Gasteiger partial charge in [0.05, 0.1) is 11.6 Å². The summed E-state index contributed by atoms with van der Waals surface area (Å²) in [5.74, 6) is -0.470. The van der Waals surface area contributed by atoms with Gasteiger partial charge in [0, 0.05) is 6.42 Å². The predicted octanol–water partition coefficient (Wildman–Crippen LogP) is 3.89. The maximum absolute atomic E-state index is 12.4. The van der Waals surface area contributed by atoms with Crippen molar-refractivity contribution in [2.24, 2.45) is 5.92 Å². The largest absolute Gasteiger partial charge is 0.478 e. The molecule has 3 rings (SSSR count). The van der Waals surface area contributed by atoms with Gasteiger partial charge in [0.15, 0.2) is 0 Å². The molecule has 2 aromatic carbocycles. The Morgan fingerprint density at radius 1 is 1.12 bits per heavy atom. The number of rotatable bonds is 7. The van der Waals surface area contributed by atoms with Crippen LogP contribution in [0.15, 0.2) is 48.5 Å². The van der Waals surface area contributed by atoms with Gasteiger partial charge in [0.1, 0.15) is 0 Å². The van der Waals surface area contributed by atoms with Gasteiger partial charge in [0.25, 0.3) is 0 Å². The standard InChI is InChI=1S/C21H23NO3/c1-14-6-8-16(9-7-14)20(17-10-11-17)22-19(23)13-12-15-4-2-3-5-18(15)21(24)25/h2-9,17,20H,10-13H2,1H3,(H,22,23)(H,24,25). The molecule has 1 fully saturated rings. The van der Waals surface area contributed by atoms with E-state index in [1.807, 2.05) is 6.92 Å². The number of benzene rings is 2. The van der Waals surface area contributed by atoms with Crippen LogP contribution in [0.4, 0.5) is 0 Å². The van der Waals surface area contributed by atoms with Crippen molar-refractivity contribution < 1.29 is 14.7 Å². The highest BCUT2D eigenvalue weighted by Gasteiger charge is 2.33. The molecule has 1 unspecified atom stereocenters. The number of aromatic carboxylic acids is 1. The molecule has 0 aromatic heterocycles. The highest BCUT2D eigenvalue weighted by atomic mass is 16.4. The molecule has 1 aliphatic carbocycles. The average Bonchev–Trinajstić information content (AvgIpc) is 3.44. The lowest BCUT2D eigenvalue weighted by atomic mass is 10.00. The van der Waals surface area contributed by atoms with Crippen molar-refractivity contribution >= 4 is 11.9 Å². The lowest BCUT2D eigenvalue weighted by Gasteiger charge is -2.19. The lowest BCUT2D eigenvalue weighted by Crippen LogP contribution is -2.30. The van der Waals surface area contributed by atoms with Crippen molar-refractivity contribution in [3.63, 3.8) is 0 Å². The van der Waals surface area contributed by atoms with E-state index in [-0.39, 0.29) is 17.5 Å². The first-order chi connectivity index (χ1) is 12.0. The Hall–Kier alpha value is -2.62. The zero-order valence-corrected chi connectivity index (χ0v) is 14.4. The fourth-order valence-electron chi connectivity index (χ4n) is 3.12. The summed E-state index contributed by atoms with van der Waals surface area (Å²) in [6.07, 6.45) is 3.00. The van der Waals surface area contributed by atoms with Gasteiger partial charge in [-0.3, -0.25) is 4.79 Å². The Balaban J connectivity index is 1.63. The minimum absolute atomic E-state index is 0.0299. The molecule has 1 aliphatic rings. The van der Waals surface area contributed by atoms with E-state index in [0.29, 0.717) is 24.3 Å². The van der Waals surface area contributed by atoms with Crippen molar-refractivity contribution in [2.45, 2.75) is 38.6 Å². The van der Waals surface area contributed by atoms with Crippen LogP contribution >= 0.6 is 0 Å². The highest BCUT2D eigenvalue weighted by molar-refractivity contribution is 5.89. The Morgan fingerprint density at radius 2 is 1.80 bits per heavy atom. The monoisotopic (exact) mass is 337 g/mol. The predicted molar refractivity (Wildman–Crippen MR) is 96.5 cm³/mol. The first kappa shape index (κ1) is 17.2. The molecule has 25 heavy (non-hydrogen) atoms. The van der Waals surface area contributed by atoms with Crippen LogP contribution < -0.4 is 5.32 Å². The van der Waals surface area contributed by atoms with Crippen LogP contribution in [-0.4, -0.2) is 17.0 Å². The summed E-state index contributed by atoms with van der Waals surface area (Å²) in [5.41, 5.74) is 3.32. The van der Waals surface area contributed by atoms with E-state index in [4.69, 9.17) is 0 Å². The minimum atomic E-state index is -0.952. The molecule has 4 nitrogen and oxygen atoms in total. The molecule has 1 saturated carbocycles. The summed E-state index contributed by atoms with van der Waals surface area (Å²) in [6.45, 7) is 2.05. The van der Waals surface area contributed by atoms with Crippen LogP contribution in [-0.2, 0) is 11.2 Å². The fourth-order valence-corrected chi connectivity index (χ4v) is 3.12. The SMILES string of the molecule is Cc1ccc(C(NC(=O)CCc2ccccc2C(=O)O)C2CC2)cc1. The summed E-state index contributed by atoms with van der Waals surface area (Å²) in [6, 6.07) is 15.2. The van der Waals surface area contributed by atoms with E-state index in [9.17, 15) is 14.7 Å². The van der Waals surface area contributed by atoms with Crippen molar-refractivity contribution in [1.82, 2.24) is 5.32 Å². The fraction of sp³-hybridized carbons (Fsp3) is 0.333. The van der Waals surface area contributed by atoms with Crippen molar-refractivity contribution in [3.8, 4) is 0 Å². The van der Waals surface area contributed by atoms with E-state index in [2.05, 4.69) is 29.6 Å². The number of carboxylic acid groups (broad SMARTS) is 1. The first-order valence-electron chi connectivity index (χ1n) is 8.71. The summed E-state index contributed by atoms with van der Waals surface area (Å²) in [4.78, 5) is 23.7. The molecule has 0 spiro atoms. The lowest BCUT2D eigenvalue weighted by molar-refractivity contribution is -0.122. The second kappa shape index (κ2) is 7.51. The molecule has 2 aromatic rings. The van der Waals surface area contributed by atoms with E-state index < -0.39 is 5.97 Å². The molecule has 2 N–H and O–H groups in total. The molecule has 0 saturated heterocycles. The van der Waals surface area contributed by atoms with E-state index in [0.717, 1.165) is 18.4 Å². The number of amides is 1. The summed E-state index contributed by atoms with van der Waals surface area (Å²) < 4.78 is 0. The van der Waals surface area contributed by atoms with Crippen LogP contribution in [0, 0.1) is 12.8 Å². The smallest absolute Gasteiger partial charge is 0.335 e. The molecular formula is C21H23NO3. The third-order valence-corrected chi connectivity index (χ3v) is 4.72. The van der Waals surface area contributed by atoms with Gasteiger partial charge in [-0.1, -0.05) is 48.0 Å². The topological polar surface area (TPSA) is 66.4 Å². The van der Waals surface area contributed by atoms with Crippen LogP contribution in [0.5, 0.6) is 0 Å². The Kier molecular flexibility index (Phi) is 5.17. The number of hydrogen-bond donors (Lipinski definition) is 2. The van der Waals surface area contributed by atoms with Gasteiger partial charge in [-0.2, -0.15) is 0 Å². The Bertz CT molecular complexity index is 763. The van der Waals surface area contributed by atoms with Crippen LogP contribution in [0.1, 0.15) is 52.4 Å². The van der Waals surface area contributed by atoms with Gasteiger partial charge in [-0.15, -0.1) is 0 Å². The second-order valence-corrected chi connectivity index (χ2v) is 6.76. The van der Waals surface area contributed by atoms with Gasteiger partial charge in [-0.05, 0) is 49.3 Å². The normalized spacial score (nSPS) is 14.8. The number of carboxylic acids is 1. The minimum Gasteiger partial charge on any atom is -0.478 e. The van der Waals surface area contributed by atoms with E-state index >= 15 is 0 Å². The molecule has 4 heteroatoms. The van der Waals surface area contributed by atoms with Crippen LogP contribution in [0.3, 0.4) is 0 Å². The Morgan fingerprint density at radius 3 is 2.44 bits per heavy atom. The van der Waals surface area contributed by atoms with E-state index in [1.54, 1.807) is 24.3 Å². The second-order valence-electron chi connectivity index (χ2n) is 6.76. The number of carbonyl (C=O) groups excluding carboxylic acids is 1. The van der Waals surface area contributed by atoms with Crippen molar-refractivity contribution in [3.05, 3.63) is 70.8 Å². The van der Waals surface area contributed by atoms with Crippen molar-refractivity contribution in [2.75, 3.05) is 0 Å². The molecule has 1 atom stereocenters. The summed E-state index contributed by atoms with van der Waals surface area (Å²) in [5, 5.41) is 12.4. The molecular weight excluding hydrogens is 314 g/mol. The first-order valence-corrected chi connectivity index (χ1v) is 8.71.